The maximum absolute atomic E-state index is 5.15. The van der Waals surface area contributed by atoms with Crippen molar-refractivity contribution >= 4 is 17.3 Å². The number of hydrogen-bond donors (Lipinski definition) is 2. The van der Waals surface area contributed by atoms with Crippen molar-refractivity contribution in [3.63, 3.8) is 0 Å². The molecule has 0 bridgehead atoms. The number of aromatic nitrogens is 1. The van der Waals surface area contributed by atoms with Crippen LogP contribution in [0.4, 0.5) is 0 Å². The molecule has 0 unspecified atom stereocenters. The number of nitrogens with zero attached hydrogens (tertiary/aromatic N) is 3. The van der Waals surface area contributed by atoms with Crippen LogP contribution in [0.15, 0.2) is 11.2 Å². The number of aryl methyl sites for hydroxylation is 1. The minimum Gasteiger partial charge on any atom is -0.383 e. The van der Waals surface area contributed by atoms with Crippen molar-refractivity contribution < 1.29 is 4.74 Å². The SMILES string of the molecule is CN=C(NCc1ncc(C)s1)NCC1CCN(CCOC)CC1. The van der Waals surface area contributed by atoms with Gasteiger partial charge in [-0.1, -0.05) is 0 Å². The summed E-state index contributed by atoms with van der Waals surface area (Å²) < 4.78 is 5.15. The fourth-order valence-corrected chi connectivity index (χ4v) is 3.47. The maximum atomic E-state index is 5.15. The third kappa shape index (κ3) is 6.45. The summed E-state index contributed by atoms with van der Waals surface area (Å²) in [6.07, 6.45) is 4.38. The van der Waals surface area contributed by atoms with E-state index in [1.165, 1.54) is 30.8 Å². The smallest absolute Gasteiger partial charge is 0.191 e. The van der Waals surface area contributed by atoms with Gasteiger partial charge in [0.25, 0.3) is 0 Å². The number of piperidine rings is 1. The fraction of sp³-hybridized carbons (Fsp3) is 0.750. The van der Waals surface area contributed by atoms with E-state index in [0.717, 1.165) is 43.1 Å². The van der Waals surface area contributed by atoms with Crippen LogP contribution in [0.5, 0.6) is 0 Å². The molecule has 2 heterocycles. The van der Waals surface area contributed by atoms with Crippen molar-refractivity contribution in [2.24, 2.45) is 10.9 Å². The topological polar surface area (TPSA) is 61.8 Å². The number of hydrogen-bond acceptors (Lipinski definition) is 5. The number of guanidine groups is 1. The Bertz CT molecular complexity index is 483. The van der Waals surface area contributed by atoms with Crippen LogP contribution in [0.3, 0.4) is 0 Å². The summed E-state index contributed by atoms with van der Waals surface area (Å²) in [6.45, 7) is 8.00. The average molecular weight is 340 g/mol. The highest BCUT2D eigenvalue weighted by molar-refractivity contribution is 7.11. The molecule has 2 N–H and O–H groups in total. The Morgan fingerprint density at radius 3 is 2.83 bits per heavy atom. The van der Waals surface area contributed by atoms with E-state index in [4.69, 9.17) is 4.74 Å². The van der Waals surface area contributed by atoms with Gasteiger partial charge in [-0.3, -0.25) is 4.99 Å². The van der Waals surface area contributed by atoms with E-state index in [9.17, 15) is 0 Å². The highest BCUT2D eigenvalue weighted by atomic mass is 32.1. The quantitative estimate of drug-likeness (QED) is 0.582. The van der Waals surface area contributed by atoms with Crippen LogP contribution in [0, 0.1) is 12.8 Å². The zero-order valence-corrected chi connectivity index (χ0v) is 15.3. The van der Waals surface area contributed by atoms with Gasteiger partial charge in [-0.25, -0.2) is 4.98 Å². The second-order valence-corrected chi connectivity index (χ2v) is 7.27. The van der Waals surface area contributed by atoms with Gasteiger partial charge in [-0.05, 0) is 38.8 Å². The van der Waals surface area contributed by atoms with Crippen LogP contribution in [0.25, 0.3) is 0 Å². The normalized spacial score (nSPS) is 17.4. The van der Waals surface area contributed by atoms with Gasteiger partial charge in [-0.15, -0.1) is 11.3 Å². The van der Waals surface area contributed by atoms with Crippen LogP contribution < -0.4 is 10.6 Å². The summed E-state index contributed by atoms with van der Waals surface area (Å²) >= 11 is 1.72. The summed E-state index contributed by atoms with van der Waals surface area (Å²) in [5.41, 5.74) is 0. The van der Waals surface area contributed by atoms with Crippen LogP contribution in [0.1, 0.15) is 22.7 Å². The summed E-state index contributed by atoms with van der Waals surface area (Å²) in [5.74, 6) is 1.58. The summed E-state index contributed by atoms with van der Waals surface area (Å²) in [5, 5.41) is 7.88. The molecule has 0 amide bonds. The first-order valence-electron chi connectivity index (χ1n) is 8.28. The lowest BCUT2D eigenvalue weighted by atomic mass is 9.97. The minimum absolute atomic E-state index is 0.717. The molecule has 1 aliphatic heterocycles. The number of nitrogens with one attached hydrogen (secondary N) is 2. The van der Waals surface area contributed by atoms with Gasteiger partial charge < -0.3 is 20.3 Å². The monoisotopic (exact) mass is 339 g/mol. The van der Waals surface area contributed by atoms with Crippen molar-refractivity contribution in [1.29, 1.82) is 0 Å². The number of likely N-dealkylation sites (tertiary alicyclic amines) is 1. The summed E-state index contributed by atoms with van der Waals surface area (Å²) in [6, 6.07) is 0. The van der Waals surface area contributed by atoms with Crippen molar-refractivity contribution in [3.05, 3.63) is 16.1 Å². The Hall–Kier alpha value is -1.18. The van der Waals surface area contributed by atoms with Gasteiger partial charge in [0.1, 0.15) is 5.01 Å². The van der Waals surface area contributed by atoms with Gasteiger partial charge in [0.2, 0.25) is 0 Å². The molecule has 2 rings (SSSR count). The first-order chi connectivity index (χ1) is 11.2. The largest absolute Gasteiger partial charge is 0.383 e. The molecule has 1 fully saturated rings. The van der Waals surface area contributed by atoms with Gasteiger partial charge >= 0.3 is 0 Å². The number of ether oxygens (including phenoxy) is 1. The lowest BCUT2D eigenvalue weighted by Crippen LogP contribution is -2.43. The Morgan fingerprint density at radius 1 is 1.43 bits per heavy atom. The van der Waals surface area contributed by atoms with Crippen LogP contribution in [0.2, 0.25) is 0 Å². The molecule has 0 radical (unpaired) electrons. The molecular formula is C16H29N5OS. The standard InChI is InChI=1S/C16H29N5OS/c1-13-10-18-15(23-13)12-20-16(17-2)19-11-14-4-6-21(7-5-14)8-9-22-3/h10,14H,4-9,11-12H2,1-3H3,(H2,17,19,20). The fourth-order valence-electron chi connectivity index (χ4n) is 2.74. The molecule has 6 nitrogen and oxygen atoms in total. The molecule has 0 aliphatic carbocycles. The second kappa shape index (κ2) is 9.85. The molecule has 7 heteroatoms. The molecular weight excluding hydrogens is 310 g/mol. The highest BCUT2D eigenvalue weighted by Gasteiger charge is 2.18. The van der Waals surface area contributed by atoms with Crippen molar-refractivity contribution in [2.75, 3.05) is 46.9 Å². The number of methoxy groups -OCH3 is 1. The number of rotatable bonds is 7. The predicted molar refractivity (Wildman–Crippen MR) is 96.1 cm³/mol. The van der Waals surface area contributed by atoms with E-state index in [1.54, 1.807) is 18.4 Å². The lowest BCUT2D eigenvalue weighted by molar-refractivity contribution is 0.121. The Morgan fingerprint density at radius 2 is 2.22 bits per heavy atom. The predicted octanol–water partition coefficient (Wildman–Crippen LogP) is 1.47. The molecule has 0 spiro atoms. The highest BCUT2D eigenvalue weighted by Crippen LogP contribution is 2.16. The zero-order chi connectivity index (χ0) is 16.5. The molecule has 0 saturated carbocycles. The molecule has 1 saturated heterocycles. The van der Waals surface area contributed by atoms with Gasteiger partial charge in [0, 0.05) is 38.3 Å². The van der Waals surface area contributed by atoms with Gasteiger partial charge in [0.05, 0.1) is 13.2 Å². The van der Waals surface area contributed by atoms with Gasteiger partial charge in [0.15, 0.2) is 5.96 Å². The van der Waals surface area contributed by atoms with Crippen molar-refractivity contribution in [2.45, 2.75) is 26.3 Å². The lowest BCUT2D eigenvalue weighted by Gasteiger charge is -2.32. The van der Waals surface area contributed by atoms with E-state index in [2.05, 4.69) is 32.4 Å². The van der Waals surface area contributed by atoms with E-state index in [0.29, 0.717) is 0 Å². The maximum Gasteiger partial charge on any atom is 0.191 e. The first-order valence-corrected chi connectivity index (χ1v) is 9.10. The molecule has 0 atom stereocenters. The van der Waals surface area contributed by atoms with E-state index < -0.39 is 0 Å². The van der Waals surface area contributed by atoms with Crippen molar-refractivity contribution in [3.8, 4) is 0 Å². The van der Waals surface area contributed by atoms with Crippen LogP contribution in [-0.2, 0) is 11.3 Å². The Kier molecular flexibility index (Phi) is 7.78. The molecule has 1 aromatic heterocycles. The third-order valence-corrected chi connectivity index (χ3v) is 5.09. The Balaban J connectivity index is 1.64. The minimum atomic E-state index is 0.717. The van der Waals surface area contributed by atoms with Crippen molar-refractivity contribution in [1.82, 2.24) is 20.5 Å². The van der Waals surface area contributed by atoms with Crippen LogP contribution >= 0.6 is 11.3 Å². The molecule has 0 aromatic carbocycles. The Labute approximate surface area is 143 Å². The summed E-state index contributed by atoms with van der Waals surface area (Å²) in [4.78, 5) is 12.4. The molecule has 23 heavy (non-hydrogen) atoms. The average Bonchev–Trinajstić information content (AvgIpc) is 2.99. The van der Waals surface area contributed by atoms with Crippen LogP contribution in [-0.4, -0.2) is 62.8 Å². The second-order valence-electron chi connectivity index (χ2n) is 5.95. The molecule has 130 valence electrons. The van der Waals surface area contributed by atoms with E-state index in [1.807, 2.05) is 13.2 Å². The summed E-state index contributed by atoms with van der Waals surface area (Å²) in [7, 11) is 3.58. The number of aliphatic imine (C=N–C) groups is 1. The zero-order valence-electron chi connectivity index (χ0n) is 14.5. The molecule has 1 aromatic rings. The van der Waals surface area contributed by atoms with E-state index in [-0.39, 0.29) is 0 Å². The molecule has 1 aliphatic rings. The third-order valence-electron chi connectivity index (χ3n) is 4.18. The number of thiazole rings is 1. The van der Waals surface area contributed by atoms with E-state index >= 15 is 0 Å². The van der Waals surface area contributed by atoms with Gasteiger partial charge in [-0.2, -0.15) is 0 Å². The first kappa shape index (κ1) is 18.2.